The molecule has 2 nitrogen and oxygen atoms in total. The molecule has 1 heterocycles. The van der Waals surface area contributed by atoms with Crippen LogP contribution in [0.3, 0.4) is 0 Å². The maximum absolute atomic E-state index is 5.63. The van der Waals surface area contributed by atoms with E-state index in [-0.39, 0.29) is 10.8 Å². The summed E-state index contributed by atoms with van der Waals surface area (Å²) in [5, 5.41) is 0. The van der Waals surface area contributed by atoms with Gasteiger partial charge >= 0.3 is 0 Å². The molecule has 330 valence electrons. The number of aryl methyl sites for hydroxylation is 1. The fraction of sp³-hybridized carbons (Fsp3) is 0.212. The SMILES string of the molecule is CCc1ccc(-c2ccc(-c3ccc4c(c3)-c3cc5c(cc3C43CCCCC3)-c3ccccc3C53CCCCC3)cc2)cc1-c1nc(-c2ccccc2)c(-c2ccccc2)nc1-c1ccccc1. The highest BCUT2D eigenvalue weighted by atomic mass is 14.9. The third kappa shape index (κ3) is 6.51. The highest BCUT2D eigenvalue weighted by Gasteiger charge is 2.49. The van der Waals surface area contributed by atoms with Crippen LogP contribution in [0.2, 0.25) is 0 Å². The molecule has 1 aromatic heterocycles. The molecule has 0 saturated heterocycles. The normalized spacial score (nSPS) is 16.0. The van der Waals surface area contributed by atoms with Crippen LogP contribution in [0.1, 0.15) is 98.9 Å². The predicted molar refractivity (Wildman–Crippen MR) is 283 cm³/mol. The molecule has 0 atom stereocenters. The molecular formula is C66H56N2. The first-order valence-electron chi connectivity index (χ1n) is 25.4. The lowest BCUT2D eigenvalue weighted by molar-refractivity contribution is 0.350. The van der Waals surface area contributed by atoms with Crippen molar-refractivity contribution >= 4 is 0 Å². The van der Waals surface area contributed by atoms with Crippen LogP contribution in [0.4, 0.5) is 0 Å². The summed E-state index contributed by atoms with van der Waals surface area (Å²) < 4.78 is 0. The van der Waals surface area contributed by atoms with Crippen LogP contribution in [0.15, 0.2) is 188 Å². The van der Waals surface area contributed by atoms with Crippen molar-refractivity contribution in [2.45, 2.75) is 88.4 Å². The van der Waals surface area contributed by atoms with Gasteiger partial charge in [0.2, 0.25) is 0 Å². The lowest BCUT2D eigenvalue weighted by atomic mass is 9.66. The fourth-order valence-electron chi connectivity index (χ4n) is 13.2. The summed E-state index contributed by atoms with van der Waals surface area (Å²) in [5.74, 6) is 0. The molecule has 2 spiro atoms. The van der Waals surface area contributed by atoms with Gasteiger partial charge < -0.3 is 0 Å². The fourth-order valence-corrected chi connectivity index (χ4v) is 13.2. The van der Waals surface area contributed by atoms with E-state index in [1.54, 1.807) is 22.3 Å². The quantitative estimate of drug-likeness (QED) is 0.159. The Balaban J connectivity index is 0.906. The molecule has 4 aliphatic rings. The topological polar surface area (TPSA) is 25.8 Å². The second-order valence-electron chi connectivity index (χ2n) is 20.1. The molecule has 0 aliphatic heterocycles. The minimum atomic E-state index is 0.106. The second kappa shape index (κ2) is 16.6. The van der Waals surface area contributed by atoms with Crippen LogP contribution in [0, 0.1) is 0 Å². The molecule has 0 unspecified atom stereocenters. The molecule has 9 aromatic rings. The number of hydrogen-bond donors (Lipinski definition) is 0. The van der Waals surface area contributed by atoms with Gasteiger partial charge in [-0.25, -0.2) is 9.97 Å². The average molecular weight is 877 g/mol. The summed E-state index contributed by atoms with van der Waals surface area (Å²) in [5.41, 5.74) is 26.6. The van der Waals surface area contributed by atoms with Crippen molar-refractivity contribution in [2.24, 2.45) is 0 Å². The first kappa shape index (κ1) is 41.1. The number of rotatable bonds is 7. The molecule has 0 N–H and O–H groups in total. The van der Waals surface area contributed by atoms with E-state index in [1.807, 2.05) is 0 Å². The summed E-state index contributed by atoms with van der Waals surface area (Å²) in [4.78, 5) is 11.2. The molecule has 4 aliphatic carbocycles. The number of benzene rings is 8. The Kier molecular flexibility index (Phi) is 10.0. The summed E-state index contributed by atoms with van der Waals surface area (Å²) in [6, 6.07) is 70.2. The van der Waals surface area contributed by atoms with Gasteiger partial charge in [0, 0.05) is 33.1 Å². The van der Waals surface area contributed by atoms with Gasteiger partial charge in [-0.2, -0.15) is 0 Å². The number of hydrogen-bond acceptors (Lipinski definition) is 2. The minimum absolute atomic E-state index is 0.106. The molecule has 0 radical (unpaired) electrons. The van der Waals surface area contributed by atoms with E-state index in [2.05, 4.69) is 195 Å². The number of nitrogens with zero attached hydrogens (tertiary/aromatic N) is 2. The Bertz CT molecular complexity index is 3350. The van der Waals surface area contributed by atoms with Crippen LogP contribution >= 0.6 is 0 Å². The van der Waals surface area contributed by atoms with Gasteiger partial charge in [-0.3, -0.25) is 0 Å². The Labute approximate surface area is 401 Å². The molecule has 0 bridgehead atoms. The van der Waals surface area contributed by atoms with E-state index >= 15 is 0 Å². The van der Waals surface area contributed by atoms with E-state index in [4.69, 9.17) is 9.97 Å². The molecule has 68 heavy (non-hydrogen) atoms. The smallest absolute Gasteiger partial charge is 0.0976 e. The van der Waals surface area contributed by atoms with E-state index in [9.17, 15) is 0 Å². The van der Waals surface area contributed by atoms with Crippen molar-refractivity contribution in [3.8, 4) is 89.5 Å². The van der Waals surface area contributed by atoms with Crippen LogP contribution in [0.5, 0.6) is 0 Å². The first-order chi connectivity index (χ1) is 33.6. The minimum Gasteiger partial charge on any atom is -0.243 e. The van der Waals surface area contributed by atoms with Gasteiger partial charge in [0.05, 0.1) is 22.8 Å². The lowest BCUT2D eigenvalue weighted by Gasteiger charge is -2.37. The molecule has 2 heteroatoms. The van der Waals surface area contributed by atoms with Crippen LogP contribution in [-0.2, 0) is 17.3 Å². The molecule has 2 fully saturated rings. The maximum atomic E-state index is 5.63. The van der Waals surface area contributed by atoms with Gasteiger partial charge in [0.25, 0.3) is 0 Å². The largest absolute Gasteiger partial charge is 0.243 e. The van der Waals surface area contributed by atoms with Gasteiger partial charge in [0.1, 0.15) is 0 Å². The average Bonchev–Trinajstić information content (AvgIpc) is 3.82. The molecule has 8 aromatic carbocycles. The van der Waals surface area contributed by atoms with Crippen molar-refractivity contribution in [3.63, 3.8) is 0 Å². The summed E-state index contributed by atoms with van der Waals surface area (Å²) in [6.45, 7) is 2.24. The van der Waals surface area contributed by atoms with Gasteiger partial charge in [0.15, 0.2) is 0 Å². The van der Waals surface area contributed by atoms with E-state index in [0.717, 1.165) is 51.5 Å². The van der Waals surface area contributed by atoms with Gasteiger partial charge in [-0.05, 0) is 129 Å². The van der Waals surface area contributed by atoms with Crippen LogP contribution in [-0.4, -0.2) is 9.97 Å². The van der Waals surface area contributed by atoms with Crippen LogP contribution < -0.4 is 0 Å². The summed E-state index contributed by atoms with van der Waals surface area (Å²) in [7, 11) is 0. The highest BCUT2D eigenvalue weighted by molar-refractivity contribution is 5.92. The first-order valence-corrected chi connectivity index (χ1v) is 25.4. The monoisotopic (exact) mass is 876 g/mol. The highest BCUT2D eigenvalue weighted by Crippen LogP contribution is 2.62. The van der Waals surface area contributed by atoms with Crippen molar-refractivity contribution < 1.29 is 0 Å². The van der Waals surface area contributed by atoms with Crippen molar-refractivity contribution in [2.75, 3.05) is 0 Å². The Morgan fingerprint density at radius 2 is 0.706 bits per heavy atom. The lowest BCUT2D eigenvalue weighted by Crippen LogP contribution is -2.29. The predicted octanol–water partition coefficient (Wildman–Crippen LogP) is 17.5. The third-order valence-electron chi connectivity index (χ3n) is 16.5. The number of fused-ring (bicyclic) bond motifs is 10. The molecule has 2 saturated carbocycles. The van der Waals surface area contributed by atoms with Gasteiger partial charge in [-0.1, -0.05) is 209 Å². The zero-order valence-corrected chi connectivity index (χ0v) is 39.1. The molecular weight excluding hydrogens is 821 g/mol. The third-order valence-corrected chi connectivity index (χ3v) is 16.5. The van der Waals surface area contributed by atoms with Crippen LogP contribution in [0.25, 0.3) is 89.5 Å². The Morgan fingerprint density at radius 1 is 0.309 bits per heavy atom. The van der Waals surface area contributed by atoms with Crippen molar-refractivity contribution in [3.05, 3.63) is 216 Å². The zero-order valence-electron chi connectivity index (χ0n) is 39.1. The standard InChI is InChI=1S/C66H56N2/c1-2-44-28-33-50(40-53(44)64-63(49-24-12-5-13-25-49)67-61(47-20-8-3-9-21-47)62(68-64)48-22-10-4-11-23-48)45-29-31-46(32-30-45)51-34-35-58-54(41-51)56-43-59-55(42-60(56)66(58)38-18-7-19-39-66)52-26-14-15-27-57(52)65(59)36-16-6-17-37-65/h3-5,8-15,20-35,40-43H,2,6-7,16-19,36-39H2,1H3. The summed E-state index contributed by atoms with van der Waals surface area (Å²) in [6.07, 6.45) is 13.8. The Morgan fingerprint density at radius 3 is 1.24 bits per heavy atom. The van der Waals surface area contributed by atoms with E-state index in [0.29, 0.717) is 0 Å². The number of aromatic nitrogens is 2. The van der Waals surface area contributed by atoms with E-state index < -0.39 is 0 Å². The molecule has 13 rings (SSSR count). The Hall–Kier alpha value is -7.16. The van der Waals surface area contributed by atoms with Crippen molar-refractivity contribution in [1.82, 2.24) is 9.97 Å². The zero-order chi connectivity index (χ0) is 45.2. The maximum Gasteiger partial charge on any atom is 0.0976 e. The summed E-state index contributed by atoms with van der Waals surface area (Å²) >= 11 is 0. The second-order valence-corrected chi connectivity index (χ2v) is 20.1. The van der Waals surface area contributed by atoms with Gasteiger partial charge in [-0.15, -0.1) is 0 Å². The van der Waals surface area contributed by atoms with Crippen molar-refractivity contribution in [1.29, 1.82) is 0 Å². The van der Waals surface area contributed by atoms with E-state index in [1.165, 1.54) is 114 Å². The molecule has 0 amide bonds.